The van der Waals surface area contributed by atoms with Gasteiger partial charge in [0.15, 0.2) is 0 Å². The van der Waals surface area contributed by atoms with Gasteiger partial charge in [-0.05, 0) is 37.6 Å². The SMILES string of the molecule is CCC(CC)(CN)N(C)Cc1ccc(OC)cc1. The van der Waals surface area contributed by atoms with E-state index in [4.69, 9.17) is 10.5 Å². The molecular weight excluding hydrogens is 224 g/mol. The smallest absolute Gasteiger partial charge is 0.118 e. The number of rotatable bonds is 7. The molecule has 0 atom stereocenters. The minimum atomic E-state index is 0.111. The molecule has 0 aliphatic carbocycles. The monoisotopic (exact) mass is 250 g/mol. The second-order valence-electron chi connectivity index (χ2n) is 4.84. The maximum absolute atomic E-state index is 5.97. The van der Waals surface area contributed by atoms with Crippen molar-refractivity contribution in [1.29, 1.82) is 0 Å². The van der Waals surface area contributed by atoms with Gasteiger partial charge in [0.25, 0.3) is 0 Å². The Morgan fingerprint density at radius 2 is 1.72 bits per heavy atom. The van der Waals surface area contributed by atoms with E-state index in [9.17, 15) is 0 Å². The highest BCUT2D eigenvalue weighted by Crippen LogP contribution is 2.23. The number of hydrogen-bond donors (Lipinski definition) is 1. The molecule has 1 aromatic rings. The molecule has 1 aromatic carbocycles. The van der Waals surface area contributed by atoms with E-state index in [2.05, 4.69) is 37.9 Å². The molecule has 0 saturated carbocycles. The summed E-state index contributed by atoms with van der Waals surface area (Å²) in [5.74, 6) is 0.900. The van der Waals surface area contributed by atoms with E-state index in [1.807, 2.05) is 12.1 Å². The number of nitrogens with two attached hydrogens (primary N) is 1. The fourth-order valence-electron chi connectivity index (χ4n) is 2.41. The molecule has 0 bridgehead atoms. The lowest BCUT2D eigenvalue weighted by atomic mass is 9.90. The van der Waals surface area contributed by atoms with Crippen LogP contribution in [-0.2, 0) is 6.54 Å². The van der Waals surface area contributed by atoms with Gasteiger partial charge in [0.2, 0.25) is 0 Å². The molecule has 0 aliphatic rings. The van der Waals surface area contributed by atoms with Crippen molar-refractivity contribution < 1.29 is 4.74 Å². The molecule has 102 valence electrons. The predicted molar refractivity (Wildman–Crippen MR) is 76.8 cm³/mol. The predicted octanol–water partition coefficient (Wildman–Crippen LogP) is 2.64. The van der Waals surface area contributed by atoms with Crippen LogP contribution >= 0.6 is 0 Å². The largest absolute Gasteiger partial charge is 0.497 e. The average Bonchev–Trinajstić information content (AvgIpc) is 2.42. The van der Waals surface area contributed by atoms with Crippen LogP contribution in [0.3, 0.4) is 0 Å². The molecule has 3 nitrogen and oxygen atoms in total. The Morgan fingerprint density at radius 1 is 1.17 bits per heavy atom. The normalized spacial score (nSPS) is 11.9. The highest BCUT2D eigenvalue weighted by Gasteiger charge is 2.29. The topological polar surface area (TPSA) is 38.5 Å². The first-order valence-electron chi connectivity index (χ1n) is 6.66. The lowest BCUT2D eigenvalue weighted by molar-refractivity contribution is 0.108. The Morgan fingerprint density at radius 3 is 2.11 bits per heavy atom. The van der Waals surface area contributed by atoms with Crippen molar-refractivity contribution in [2.24, 2.45) is 5.73 Å². The molecule has 0 fully saturated rings. The van der Waals surface area contributed by atoms with Crippen LogP contribution in [0.25, 0.3) is 0 Å². The van der Waals surface area contributed by atoms with Gasteiger partial charge in [-0.1, -0.05) is 26.0 Å². The first kappa shape index (κ1) is 15.0. The quantitative estimate of drug-likeness (QED) is 0.808. The van der Waals surface area contributed by atoms with E-state index < -0.39 is 0 Å². The second-order valence-corrected chi connectivity index (χ2v) is 4.84. The van der Waals surface area contributed by atoms with E-state index in [1.54, 1.807) is 7.11 Å². The van der Waals surface area contributed by atoms with Crippen LogP contribution in [0.1, 0.15) is 32.3 Å². The van der Waals surface area contributed by atoms with Gasteiger partial charge < -0.3 is 10.5 Å². The summed E-state index contributed by atoms with van der Waals surface area (Å²) in [6, 6.07) is 8.24. The fourth-order valence-corrected chi connectivity index (χ4v) is 2.41. The molecule has 0 unspecified atom stereocenters. The fraction of sp³-hybridized carbons (Fsp3) is 0.600. The lowest BCUT2D eigenvalue weighted by Crippen LogP contribution is -2.50. The van der Waals surface area contributed by atoms with Crippen molar-refractivity contribution in [2.45, 2.75) is 38.8 Å². The molecule has 2 N–H and O–H groups in total. The number of methoxy groups -OCH3 is 1. The molecule has 1 rings (SSSR count). The molecule has 0 amide bonds. The Bertz CT molecular complexity index is 336. The minimum absolute atomic E-state index is 0.111. The van der Waals surface area contributed by atoms with E-state index in [-0.39, 0.29) is 5.54 Å². The van der Waals surface area contributed by atoms with Crippen LogP contribution in [-0.4, -0.2) is 31.1 Å². The maximum Gasteiger partial charge on any atom is 0.118 e. The third-order valence-electron chi connectivity index (χ3n) is 4.08. The standard InChI is InChI=1S/C15H26N2O/c1-5-15(6-2,12-16)17(3)11-13-7-9-14(18-4)10-8-13/h7-10H,5-6,11-12,16H2,1-4H3. The maximum atomic E-state index is 5.97. The van der Waals surface area contributed by atoms with Gasteiger partial charge >= 0.3 is 0 Å². The van der Waals surface area contributed by atoms with Crippen LogP contribution in [0.15, 0.2) is 24.3 Å². The third-order valence-corrected chi connectivity index (χ3v) is 4.08. The molecule has 0 saturated heterocycles. The van der Waals surface area contributed by atoms with Gasteiger partial charge in [0, 0.05) is 18.6 Å². The Kier molecular flexibility index (Phi) is 5.63. The molecular formula is C15H26N2O. The zero-order valence-corrected chi connectivity index (χ0v) is 12.1. The van der Waals surface area contributed by atoms with Gasteiger partial charge in [0.05, 0.1) is 7.11 Å². The number of ether oxygens (including phenoxy) is 1. The summed E-state index contributed by atoms with van der Waals surface area (Å²) in [4.78, 5) is 2.37. The summed E-state index contributed by atoms with van der Waals surface area (Å²) in [5.41, 5.74) is 7.37. The number of benzene rings is 1. The molecule has 0 radical (unpaired) electrons. The van der Waals surface area contributed by atoms with Crippen molar-refractivity contribution >= 4 is 0 Å². The zero-order chi connectivity index (χ0) is 13.6. The summed E-state index contributed by atoms with van der Waals surface area (Å²) in [5, 5.41) is 0. The molecule has 0 aliphatic heterocycles. The summed E-state index contributed by atoms with van der Waals surface area (Å²) in [7, 11) is 3.85. The van der Waals surface area contributed by atoms with Gasteiger partial charge in [-0.25, -0.2) is 0 Å². The van der Waals surface area contributed by atoms with Crippen molar-refractivity contribution in [3.63, 3.8) is 0 Å². The Balaban J connectivity index is 2.75. The average molecular weight is 250 g/mol. The highest BCUT2D eigenvalue weighted by molar-refractivity contribution is 5.27. The van der Waals surface area contributed by atoms with Crippen molar-refractivity contribution in [3.05, 3.63) is 29.8 Å². The van der Waals surface area contributed by atoms with Gasteiger partial charge in [-0.2, -0.15) is 0 Å². The van der Waals surface area contributed by atoms with Crippen LogP contribution < -0.4 is 10.5 Å². The summed E-state index contributed by atoms with van der Waals surface area (Å²) in [6.07, 6.45) is 2.15. The van der Waals surface area contributed by atoms with Crippen LogP contribution in [0.5, 0.6) is 5.75 Å². The molecule has 0 aromatic heterocycles. The Labute approximate surface area is 111 Å². The summed E-state index contributed by atoms with van der Waals surface area (Å²) < 4.78 is 5.17. The number of likely N-dealkylation sites (N-methyl/N-ethyl adjacent to an activating group) is 1. The second kappa shape index (κ2) is 6.76. The first-order valence-corrected chi connectivity index (χ1v) is 6.66. The van der Waals surface area contributed by atoms with E-state index in [0.717, 1.165) is 25.1 Å². The van der Waals surface area contributed by atoms with E-state index in [0.29, 0.717) is 6.54 Å². The molecule has 0 spiro atoms. The third kappa shape index (κ3) is 3.24. The first-order chi connectivity index (χ1) is 8.61. The number of hydrogen-bond acceptors (Lipinski definition) is 3. The van der Waals surface area contributed by atoms with Gasteiger partial charge in [-0.15, -0.1) is 0 Å². The van der Waals surface area contributed by atoms with Crippen LogP contribution in [0, 0.1) is 0 Å². The number of nitrogens with zero attached hydrogens (tertiary/aromatic N) is 1. The molecule has 0 heterocycles. The van der Waals surface area contributed by atoms with Crippen LogP contribution in [0.2, 0.25) is 0 Å². The van der Waals surface area contributed by atoms with Crippen LogP contribution in [0.4, 0.5) is 0 Å². The Hall–Kier alpha value is -1.06. The highest BCUT2D eigenvalue weighted by atomic mass is 16.5. The van der Waals surface area contributed by atoms with Crippen molar-refractivity contribution in [3.8, 4) is 5.75 Å². The van der Waals surface area contributed by atoms with E-state index >= 15 is 0 Å². The lowest BCUT2D eigenvalue weighted by Gasteiger charge is -2.40. The van der Waals surface area contributed by atoms with Crippen molar-refractivity contribution in [2.75, 3.05) is 20.7 Å². The summed E-state index contributed by atoms with van der Waals surface area (Å²) >= 11 is 0. The van der Waals surface area contributed by atoms with Gasteiger partial charge in [-0.3, -0.25) is 4.90 Å². The van der Waals surface area contributed by atoms with Crippen molar-refractivity contribution in [1.82, 2.24) is 4.90 Å². The zero-order valence-electron chi connectivity index (χ0n) is 12.1. The molecule has 18 heavy (non-hydrogen) atoms. The summed E-state index contributed by atoms with van der Waals surface area (Å²) in [6.45, 7) is 6.04. The molecule has 3 heteroatoms. The minimum Gasteiger partial charge on any atom is -0.497 e. The van der Waals surface area contributed by atoms with Gasteiger partial charge in [0.1, 0.15) is 5.75 Å². The van der Waals surface area contributed by atoms with E-state index in [1.165, 1.54) is 5.56 Å².